The van der Waals surface area contributed by atoms with Gasteiger partial charge in [0, 0.05) is 43.0 Å². The molecule has 0 spiro atoms. The summed E-state index contributed by atoms with van der Waals surface area (Å²) in [5.74, 6) is 0.911. The summed E-state index contributed by atoms with van der Waals surface area (Å²) in [5, 5.41) is 7.80. The molecule has 6 nitrogen and oxygen atoms in total. The molecule has 1 aliphatic rings. The van der Waals surface area contributed by atoms with Crippen LogP contribution < -0.4 is 15.5 Å². The molecule has 0 aliphatic carbocycles. The van der Waals surface area contributed by atoms with Crippen LogP contribution in [0.15, 0.2) is 35.3 Å². The molecule has 0 radical (unpaired) electrons. The lowest BCUT2D eigenvalue weighted by atomic mass is 10.2. The number of guanidine groups is 1. The summed E-state index contributed by atoms with van der Waals surface area (Å²) in [5.41, 5.74) is 2.05. The summed E-state index contributed by atoms with van der Waals surface area (Å²) in [6.07, 6.45) is 1.36. The molecule has 1 saturated heterocycles. The Kier molecular flexibility index (Phi) is 6.45. The SMILES string of the molecule is CCNC(=NCCc1sc(C)nc1C)NC1CC(=O)N(c2ccccc2)C1. The Balaban J connectivity index is 1.59. The van der Waals surface area contributed by atoms with E-state index in [1.807, 2.05) is 56.0 Å². The minimum absolute atomic E-state index is 0.0582. The van der Waals surface area contributed by atoms with Crippen molar-refractivity contribution in [2.45, 2.75) is 39.7 Å². The van der Waals surface area contributed by atoms with Crippen LogP contribution in [0.4, 0.5) is 5.69 Å². The minimum Gasteiger partial charge on any atom is -0.357 e. The monoisotopic (exact) mass is 385 g/mol. The predicted octanol–water partition coefficient (Wildman–Crippen LogP) is 2.66. The summed E-state index contributed by atoms with van der Waals surface area (Å²) in [7, 11) is 0. The summed E-state index contributed by atoms with van der Waals surface area (Å²) < 4.78 is 0. The highest BCUT2D eigenvalue weighted by atomic mass is 32.1. The third kappa shape index (κ3) is 5.07. The Bertz CT molecular complexity index is 802. The number of rotatable bonds is 6. The zero-order chi connectivity index (χ0) is 19.2. The molecule has 1 aliphatic heterocycles. The molecule has 0 saturated carbocycles. The number of nitrogens with one attached hydrogen (secondary N) is 2. The fourth-order valence-corrected chi connectivity index (χ4v) is 4.18. The molecule has 1 unspecified atom stereocenters. The van der Waals surface area contributed by atoms with E-state index in [0.717, 1.165) is 35.3 Å². The molecule has 2 heterocycles. The standard InChI is InChI=1S/C20H27N5OS/c1-4-21-20(22-11-10-18-14(2)23-15(3)27-18)24-16-12-19(26)25(13-16)17-8-6-5-7-9-17/h5-9,16H,4,10-13H2,1-3H3,(H2,21,22,24). The van der Waals surface area contributed by atoms with Crippen molar-refractivity contribution < 1.29 is 4.79 Å². The van der Waals surface area contributed by atoms with E-state index < -0.39 is 0 Å². The first-order chi connectivity index (χ1) is 13.1. The van der Waals surface area contributed by atoms with Crippen molar-refractivity contribution in [2.24, 2.45) is 4.99 Å². The highest BCUT2D eigenvalue weighted by molar-refractivity contribution is 7.11. The number of carbonyl (C=O) groups is 1. The Morgan fingerprint density at radius 1 is 1.33 bits per heavy atom. The van der Waals surface area contributed by atoms with Crippen LogP contribution in [0.5, 0.6) is 0 Å². The van der Waals surface area contributed by atoms with Gasteiger partial charge in [-0.25, -0.2) is 4.98 Å². The maximum atomic E-state index is 12.4. The molecule has 1 aromatic carbocycles. The smallest absolute Gasteiger partial charge is 0.229 e. The molecule has 144 valence electrons. The zero-order valence-corrected chi connectivity index (χ0v) is 17.0. The van der Waals surface area contributed by atoms with Gasteiger partial charge in [-0.05, 0) is 32.9 Å². The summed E-state index contributed by atoms with van der Waals surface area (Å²) in [6, 6.07) is 9.87. The zero-order valence-electron chi connectivity index (χ0n) is 16.2. The van der Waals surface area contributed by atoms with Gasteiger partial charge in [0.1, 0.15) is 0 Å². The van der Waals surface area contributed by atoms with Crippen LogP contribution in [0.2, 0.25) is 0 Å². The molecule has 1 atom stereocenters. The third-order valence-electron chi connectivity index (χ3n) is 4.49. The minimum atomic E-state index is 0.0582. The number of hydrogen-bond donors (Lipinski definition) is 2. The maximum absolute atomic E-state index is 12.4. The van der Waals surface area contributed by atoms with E-state index >= 15 is 0 Å². The molecule has 2 aromatic rings. The average molecular weight is 386 g/mol. The van der Waals surface area contributed by atoms with E-state index in [9.17, 15) is 4.79 Å². The number of aromatic nitrogens is 1. The number of benzene rings is 1. The number of carbonyl (C=O) groups excluding carboxylic acids is 1. The van der Waals surface area contributed by atoms with E-state index in [1.165, 1.54) is 4.88 Å². The first kappa shape index (κ1) is 19.4. The molecule has 7 heteroatoms. The van der Waals surface area contributed by atoms with Gasteiger partial charge < -0.3 is 15.5 Å². The largest absolute Gasteiger partial charge is 0.357 e. The van der Waals surface area contributed by atoms with Gasteiger partial charge in [-0.15, -0.1) is 11.3 Å². The number of para-hydroxylation sites is 1. The van der Waals surface area contributed by atoms with Crippen LogP contribution >= 0.6 is 11.3 Å². The van der Waals surface area contributed by atoms with Gasteiger partial charge >= 0.3 is 0 Å². The van der Waals surface area contributed by atoms with E-state index in [-0.39, 0.29) is 11.9 Å². The summed E-state index contributed by atoms with van der Waals surface area (Å²) >= 11 is 1.74. The molecule has 27 heavy (non-hydrogen) atoms. The van der Waals surface area contributed by atoms with Crippen LogP contribution in [-0.4, -0.2) is 42.5 Å². The number of nitrogens with zero attached hydrogens (tertiary/aromatic N) is 3. The summed E-state index contributed by atoms with van der Waals surface area (Å²) in [4.78, 5) is 24.7. The van der Waals surface area contributed by atoms with Crippen LogP contribution in [0.3, 0.4) is 0 Å². The van der Waals surface area contributed by atoms with E-state index in [4.69, 9.17) is 0 Å². The van der Waals surface area contributed by atoms with Crippen molar-refractivity contribution in [3.8, 4) is 0 Å². The van der Waals surface area contributed by atoms with Crippen molar-refractivity contribution in [1.82, 2.24) is 15.6 Å². The van der Waals surface area contributed by atoms with Crippen molar-refractivity contribution in [2.75, 3.05) is 24.5 Å². The number of hydrogen-bond acceptors (Lipinski definition) is 4. The number of aliphatic imine (C=N–C) groups is 1. The van der Waals surface area contributed by atoms with Gasteiger partial charge in [0.2, 0.25) is 5.91 Å². The van der Waals surface area contributed by atoms with Crippen molar-refractivity contribution >= 4 is 28.9 Å². The second-order valence-electron chi connectivity index (χ2n) is 6.64. The Morgan fingerprint density at radius 3 is 2.78 bits per heavy atom. The topological polar surface area (TPSA) is 69.6 Å². The molecule has 1 aromatic heterocycles. The number of thiazole rings is 1. The number of anilines is 1. The van der Waals surface area contributed by atoms with Crippen molar-refractivity contribution in [3.63, 3.8) is 0 Å². The van der Waals surface area contributed by atoms with E-state index in [1.54, 1.807) is 11.3 Å². The van der Waals surface area contributed by atoms with Gasteiger partial charge in [0.05, 0.1) is 16.7 Å². The fourth-order valence-electron chi connectivity index (χ4n) is 3.25. The van der Waals surface area contributed by atoms with Gasteiger partial charge in [0.25, 0.3) is 0 Å². The van der Waals surface area contributed by atoms with Gasteiger partial charge in [-0.1, -0.05) is 18.2 Å². The second-order valence-corrected chi connectivity index (χ2v) is 7.93. The maximum Gasteiger partial charge on any atom is 0.229 e. The quantitative estimate of drug-likeness (QED) is 0.592. The normalized spacial score (nSPS) is 17.4. The van der Waals surface area contributed by atoms with Crippen LogP contribution in [0, 0.1) is 13.8 Å². The predicted molar refractivity (Wildman–Crippen MR) is 112 cm³/mol. The first-order valence-electron chi connectivity index (χ1n) is 9.40. The van der Waals surface area contributed by atoms with E-state index in [0.29, 0.717) is 19.5 Å². The fraction of sp³-hybridized carbons (Fsp3) is 0.450. The van der Waals surface area contributed by atoms with Crippen molar-refractivity contribution in [1.29, 1.82) is 0 Å². The van der Waals surface area contributed by atoms with Crippen LogP contribution in [0.1, 0.15) is 28.9 Å². The molecule has 0 bridgehead atoms. The Morgan fingerprint density at radius 2 is 2.11 bits per heavy atom. The lowest BCUT2D eigenvalue weighted by molar-refractivity contribution is -0.117. The lowest BCUT2D eigenvalue weighted by Gasteiger charge is -2.19. The molecule has 1 fully saturated rings. The second kappa shape index (κ2) is 8.99. The molecular weight excluding hydrogens is 358 g/mol. The Hall–Kier alpha value is -2.41. The molecule has 2 N–H and O–H groups in total. The molecule has 1 amide bonds. The molecule has 3 rings (SSSR count). The van der Waals surface area contributed by atoms with Crippen LogP contribution in [0.25, 0.3) is 0 Å². The molecular formula is C20H27N5OS. The van der Waals surface area contributed by atoms with Gasteiger partial charge in [-0.3, -0.25) is 9.79 Å². The highest BCUT2D eigenvalue weighted by Crippen LogP contribution is 2.21. The number of amides is 1. The number of aryl methyl sites for hydroxylation is 2. The van der Waals surface area contributed by atoms with Crippen molar-refractivity contribution in [3.05, 3.63) is 45.9 Å². The average Bonchev–Trinajstić information content (AvgIpc) is 3.17. The Labute approximate surface area is 164 Å². The van der Waals surface area contributed by atoms with Crippen LogP contribution in [-0.2, 0) is 11.2 Å². The van der Waals surface area contributed by atoms with E-state index in [2.05, 4.69) is 20.6 Å². The first-order valence-corrected chi connectivity index (χ1v) is 10.2. The third-order valence-corrected chi connectivity index (χ3v) is 5.62. The van der Waals surface area contributed by atoms with Gasteiger partial charge in [0.15, 0.2) is 5.96 Å². The lowest BCUT2D eigenvalue weighted by Crippen LogP contribution is -2.44. The van der Waals surface area contributed by atoms with Gasteiger partial charge in [-0.2, -0.15) is 0 Å². The summed E-state index contributed by atoms with van der Waals surface area (Å²) in [6.45, 7) is 8.26. The highest BCUT2D eigenvalue weighted by Gasteiger charge is 2.31.